The van der Waals surface area contributed by atoms with Crippen molar-refractivity contribution in [2.24, 2.45) is 0 Å². The minimum atomic E-state index is -1.23. The van der Waals surface area contributed by atoms with Gasteiger partial charge in [-0.05, 0) is 30.9 Å². The molecule has 1 aliphatic rings. The summed E-state index contributed by atoms with van der Waals surface area (Å²) in [6, 6.07) is 1.96. The van der Waals surface area contributed by atoms with Gasteiger partial charge in [-0.15, -0.1) is 0 Å². The molecule has 1 fully saturated rings. The molecular weight excluding hydrogens is 468 g/mol. The monoisotopic (exact) mass is 496 g/mol. The van der Waals surface area contributed by atoms with Crippen LogP contribution >= 0.6 is 11.6 Å². The summed E-state index contributed by atoms with van der Waals surface area (Å²) in [5.74, 6) is 0.886. The van der Waals surface area contributed by atoms with Gasteiger partial charge >= 0.3 is 0 Å². The van der Waals surface area contributed by atoms with Gasteiger partial charge in [-0.1, -0.05) is 32.3 Å². The third-order valence-electron chi connectivity index (χ3n) is 5.60. The number of imidazole rings is 1. The molecule has 186 valence electrons. The van der Waals surface area contributed by atoms with Gasteiger partial charge in [-0.2, -0.15) is 9.97 Å². The van der Waals surface area contributed by atoms with Crippen LogP contribution in [-0.2, 0) is 16.0 Å². The lowest BCUT2D eigenvalue weighted by atomic mass is 10.1. The summed E-state index contributed by atoms with van der Waals surface area (Å²) in [6.07, 6.45) is 0.764. The molecule has 34 heavy (non-hydrogen) atoms. The van der Waals surface area contributed by atoms with Crippen LogP contribution in [0.15, 0.2) is 16.9 Å². The van der Waals surface area contributed by atoms with Crippen LogP contribution in [0.3, 0.4) is 0 Å². The van der Waals surface area contributed by atoms with Crippen LogP contribution in [0.1, 0.15) is 63.8 Å². The topological polar surface area (TPSA) is 169 Å². The van der Waals surface area contributed by atoms with Crippen molar-refractivity contribution in [2.75, 3.05) is 5.32 Å². The number of nitrogens with zero attached hydrogens (tertiary/aromatic N) is 5. The van der Waals surface area contributed by atoms with Crippen molar-refractivity contribution in [1.82, 2.24) is 24.7 Å². The first kappa shape index (κ1) is 25.8. The minimum Gasteiger partial charge on any atom is -0.483 e. The second-order valence-electron chi connectivity index (χ2n) is 7.83. The molecule has 4 rings (SSSR count). The zero-order valence-electron chi connectivity index (χ0n) is 19.1. The molecule has 3 aromatic heterocycles. The Labute approximate surface area is 200 Å². The number of ether oxygens (including phenoxy) is 1. The molecular formula is C21H29ClN6O6. The number of aryl methyl sites for hydroxylation is 1. The van der Waals surface area contributed by atoms with Gasteiger partial charge in [-0.25, -0.2) is 4.98 Å². The summed E-state index contributed by atoms with van der Waals surface area (Å²) in [7, 11) is 0. The number of aliphatic hydroxyl groups is 2. The van der Waals surface area contributed by atoms with Crippen LogP contribution in [0.5, 0.6) is 0 Å². The molecule has 0 aliphatic carbocycles. The number of anilines is 1. The number of rotatable bonds is 8. The van der Waals surface area contributed by atoms with E-state index in [1.165, 1.54) is 6.33 Å². The van der Waals surface area contributed by atoms with Gasteiger partial charge in [0.25, 0.3) is 6.47 Å². The summed E-state index contributed by atoms with van der Waals surface area (Å²) >= 11 is 6.17. The molecule has 0 spiro atoms. The molecule has 0 aromatic carbocycles. The maximum absolute atomic E-state index is 10.7. The Morgan fingerprint density at radius 1 is 1.24 bits per heavy atom. The van der Waals surface area contributed by atoms with E-state index in [-0.39, 0.29) is 17.8 Å². The second kappa shape index (κ2) is 11.6. The molecule has 0 radical (unpaired) electrons. The van der Waals surface area contributed by atoms with Crippen molar-refractivity contribution < 1.29 is 29.4 Å². The average Bonchev–Trinajstić information content (AvgIpc) is 3.51. The molecule has 1 aliphatic heterocycles. The summed E-state index contributed by atoms with van der Waals surface area (Å²) in [5, 5.41) is 35.6. The van der Waals surface area contributed by atoms with Crippen molar-refractivity contribution in [3.05, 3.63) is 29.1 Å². The van der Waals surface area contributed by atoms with Gasteiger partial charge in [0.15, 0.2) is 29.0 Å². The molecule has 12 nitrogen and oxygen atoms in total. The maximum Gasteiger partial charge on any atom is 0.290 e. The van der Waals surface area contributed by atoms with E-state index in [1.807, 2.05) is 6.92 Å². The number of aromatic nitrogens is 5. The van der Waals surface area contributed by atoms with Crippen LogP contribution in [0.25, 0.3) is 11.2 Å². The minimum absolute atomic E-state index is 0.0479. The summed E-state index contributed by atoms with van der Waals surface area (Å²) in [6.45, 7) is 5.96. The smallest absolute Gasteiger partial charge is 0.290 e. The predicted molar refractivity (Wildman–Crippen MR) is 122 cm³/mol. The summed E-state index contributed by atoms with van der Waals surface area (Å²) in [4.78, 5) is 21.4. The predicted octanol–water partition coefficient (Wildman–Crippen LogP) is 2.71. The quantitative estimate of drug-likeness (QED) is 0.267. The number of aliphatic hydroxyl groups excluding tert-OH is 2. The van der Waals surface area contributed by atoms with Gasteiger partial charge in [0.2, 0.25) is 5.28 Å². The highest BCUT2D eigenvalue weighted by atomic mass is 35.5. The van der Waals surface area contributed by atoms with E-state index in [0.717, 1.165) is 31.4 Å². The Morgan fingerprint density at radius 2 is 1.94 bits per heavy atom. The number of nitrogens with one attached hydrogen (secondary N) is 1. The molecule has 0 amide bonds. The van der Waals surface area contributed by atoms with Crippen molar-refractivity contribution in [3.63, 3.8) is 0 Å². The fraction of sp³-hybridized carbons (Fsp3) is 0.571. The summed E-state index contributed by atoms with van der Waals surface area (Å²) < 4.78 is 12.9. The molecule has 0 unspecified atom stereocenters. The van der Waals surface area contributed by atoms with E-state index in [9.17, 15) is 10.2 Å². The van der Waals surface area contributed by atoms with E-state index in [1.54, 1.807) is 10.6 Å². The van der Waals surface area contributed by atoms with Gasteiger partial charge in [0.05, 0.1) is 12.0 Å². The standard InChI is InChI=1S/C20H27ClN6O4.CH2O2/c1-4-7-11-8-12(31-26-11)16-14(28)15(29)19(30-16)27-9-22-13-17(23-10(5-2)6-3)24-20(21)25-18(13)27;2-1-3/h8-10,14-16,19,28-29H,4-7H2,1-3H3,(H,23,24,25);1H,(H,2,3)/t14-,15+,16+,19+;/m0./s1. The Morgan fingerprint density at radius 3 is 2.59 bits per heavy atom. The molecule has 0 bridgehead atoms. The maximum atomic E-state index is 10.7. The van der Waals surface area contributed by atoms with Gasteiger partial charge in [0.1, 0.15) is 18.3 Å². The number of carboxylic acid groups (broad SMARTS) is 1. The largest absolute Gasteiger partial charge is 0.483 e. The number of halogens is 1. The molecule has 4 N–H and O–H groups in total. The zero-order chi connectivity index (χ0) is 24.8. The molecule has 4 atom stereocenters. The fourth-order valence-corrected chi connectivity index (χ4v) is 3.99. The Kier molecular flexibility index (Phi) is 8.78. The lowest BCUT2D eigenvalue weighted by Gasteiger charge is -2.18. The fourth-order valence-electron chi connectivity index (χ4n) is 3.82. The first-order chi connectivity index (χ1) is 16.4. The Bertz CT molecular complexity index is 1090. The van der Waals surface area contributed by atoms with E-state index < -0.39 is 24.5 Å². The summed E-state index contributed by atoms with van der Waals surface area (Å²) in [5.41, 5.74) is 1.68. The normalized spacial score (nSPS) is 22.1. The molecule has 1 saturated heterocycles. The number of fused-ring (bicyclic) bond motifs is 1. The molecule has 4 heterocycles. The van der Waals surface area contributed by atoms with E-state index >= 15 is 0 Å². The average molecular weight is 497 g/mol. The van der Waals surface area contributed by atoms with Gasteiger partial charge < -0.3 is 29.9 Å². The zero-order valence-corrected chi connectivity index (χ0v) is 19.9. The number of carbonyl (C=O) groups is 1. The lowest BCUT2D eigenvalue weighted by molar-refractivity contribution is -0.122. The highest BCUT2D eigenvalue weighted by molar-refractivity contribution is 6.28. The third-order valence-corrected chi connectivity index (χ3v) is 5.77. The van der Waals surface area contributed by atoms with Crippen LogP contribution in [-0.4, -0.2) is 64.7 Å². The highest BCUT2D eigenvalue weighted by Gasteiger charge is 2.47. The van der Waals surface area contributed by atoms with Crippen LogP contribution in [0.2, 0.25) is 5.28 Å². The molecule has 3 aromatic rings. The Hall–Kier alpha value is -2.80. The molecule has 0 saturated carbocycles. The lowest BCUT2D eigenvalue weighted by Crippen LogP contribution is -2.29. The van der Waals surface area contributed by atoms with Crippen LogP contribution in [0.4, 0.5) is 5.82 Å². The van der Waals surface area contributed by atoms with Crippen molar-refractivity contribution >= 4 is 35.1 Å². The van der Waals surface area contributed by atoms with Crippen LogP contribution < -0.4 is 5.32 Å². The van der Waals surface area contributed by atoms with Crippen molar-refractivity contribution in [1.29, 1.82) is 0 Å². The molecule has 13 heteroatoms. The Balaban J connectivity index is 0.00000103. The third kappa shape index (κ3) is 5.30. The second-order valence-corrected chi connectivity index (χ2v) is 8.17. The van der Waals surface area contributed by atoms with Gasteiger partial charge in [0, 0.05) is 12.1 Å². The SMILES string of the molecule is CCCc1cc([C@H]2O[C@@H](n3cnc4c(NC(CC)CC)nc(Cl)nc43)[C@H](O)[C@@H]2O)on1.O=CO. The van der Waals surface area contributed by atoms with E-state index in [4.69, 9.17) is 30.8 Å². The van der Waals surface area contributed by atoms with Crippen molar-refractivity contribution in [3.8, 4) is 0 Å². The number of hydrogen-bond acceptors (Lipinski definition) is 10. The van der Waals surface area contributed by atoms with E-state index in [0.29, 0.717) is 22.7 Å². The van der Waals surface area contributed by atoms with E-state index in [2.05, 4.69) is 39.3 Å². The van der Waals surface area contributed by atoms with Gasteiger partial charge in [-0.3, -0.25) is 9.36 Å². The first-order valence-electron chi connectivity index (χ1n) is 11.1. The highest BCUT2D eigenvalue weighted by Crippen LogP contribution is 2.40. The first-order valence-corrected chi connectivity index (χ1v) is 11.5. The van der Waals surface area contributed by atoms with Crippen LogP contribution in [0, 0.1) is 0 Å². The number of hydrogen-bond donors (Lipinski definition) is 4. The van der Waals surface area contributed by atoms with Crippen molar-refractivity contribution in [2.45, 2.75) is 77.0 Å².